The van der Waals surface area contributed by atoms with Crippen molar-refractivity contribution in [1.29, 1.82) is 0 Å². The van der Waals surface area contributed by atoms with Crippen LogP contribution in [0.1, 0.15) is 6.42 Å². The molecule has 1 aliphatic heterocycles. The highest BCUT2D eigenvalue weighted by atomic mass is 79.9. The highest BCUT2D eigenvalue weighted by molar-refractivity contribution is 9.10. The predicted octanol–water partition coefficient (Wildman–Crippen LogP) is 3.72. The molecule has 4 nitrogen and oxygen atoms in total. The minimum absolute atomic E-state index is 0.0463. The van der Waals surface area contributed by atoms with Gasteiger partial charge in [0.15, 0.2) is 0 Å². The van der Waals surface area contributed by atoms with E-state index in [-0.39, 0.29) is 24.6 Å². The van der Waals surface area contributed by atoms with Gasteiger partial charge in [-0.15, -0.1) is 0 Å². The van der Waals surface area contributed by atoms with E-state index >= 15 is 0 Å². The largest absolute Gasteiger partial charge is 0.323 e. The summed E-state index contributed by atoms with van der Waals surface area (Å²) < 4.78 is 27.4. The number of carbonyl (C=O) groups excluding carboxylic acids is 2. The first-order chi connectivity index (χ1) is 11.4. The van der Waals surface area contributed by atoms with E-state index in [1.165, 1.54) is 4.90 Å². The van der Waals surface area contributed by atoms with E-state index < -0.39 is 23.5 Å². The summed E-state index contributed by atoms with van der Waals surface area (Å²) in [6.45, 7) is 0.217. The normalized spacial score (nSPS) is 17.2. The van der Waals surface area contributed by atoms with Crippen molar-refractivity contribution in [2.24, 2.45) is 5.92 Å². The summed E-state index contributed by atoms with van der Waals surface area (Å²) in [5.74, 6) is -2.79. The molecule has 2 amide bonds. The number of anilines is 2. The summed E-state index contributed by atoms with van der Waals surface area (Å²) in [7, 11) is 0. The van der Waals surface area contributed by atoms with Crippen LogP contribution < -0.4 is 10.2 Å². The molecule has 1 heterocycles. The maximum absolute atomic E-state index is 13.6. The van der Waals surface area contributed by atoms with Crippen molar-refractivity contribution in [2.45, 2.75) is 6.42 Å². The molecule has 3 rings (SSSR count). The number of nitrogens with zero attached hydrogens (tertiary/aromatic N) is 1. The highest BCUT2D eigenvalue weighted by Crippen LogP contribution is 2.27. The van der Waals surface area contributed by atoms with E-state index in [0.717, 1.165) is 16.6 Å². The van der Waals surface area contributed by atoms with Gasteiger partial charge in [-0.3, -0.25) is 9.59 Å². The van der Waals surface area contributed by atoms with Crippen molar-refractivity contribution < 1.29 is 18.4 Å². The third-order valence-corrected chi connectivity index (χ3v) is 4.35. The zero-order valence-electron chi connectivity index (χ0n) is 12.4. The first-order valence-electron chi connectivity index (χ1n) is 7.26. The molecule has 0 unspecified atom stereocenters. The van der Waals surface area contributed by atoms with Gasteiger partial charge >= 0.3 is 0 Å². The van der Waals surface area contributed by atoms with E-state index in [1.807, 2.05) is 12.1 Å². The molecule has 1 aliphatic rings. The predicted molar refractivity (Wildman–Crippen MR) is 89.6 cm³/mol. The first-order valence-corrected chi connectivity index (χ1v) is 8.05. The lowest BCUT2D eigenvalue weighted by Gasteiger charge is -2.17. The molecular weight excluding hydrogens is 382 g/mol. The number of nitrogens with one attached hydrogen (secondary N) is 1. The molecule has 0 spiro atoms. The molecule has 24 heavy (non-hydrogen) atoms. The van der Waals surface area contributed by atoms with Crippen molar-refractivity contribution >= 4 is 39.1 Å². The van der Waals surface area contributed by atoms with Gasteiger partial charge in [0, 0.05) is 29.2 Å². The second-order valence-corrected chi connectivity index (χ2v) is 6.41. The topological polar surface area (TPSA) is 49.4 Å². The molecule has 0 aliphatic carbocycles. The number of rotatable bonds is 3. The second kappa shape index (κ2) is 6.68. The van der Waals surface area contributed by atoms with Gasteiger partial charge in [-0.1, -0.05) is 15.9 Å². The highest BCUT2D eigenvalue weighted by Gasteiger charge is 2.35. The van der Waals surface area contributed by atoms with Crippen LogP contribution in [-0.4, -0.2) is 18.4 Å². The van der Waals surface area contributed by atoms with Gasteiger partial charge in [-0.05, 0) is 36.4 Å². The molecule has 0 aromatic heterocycles. The number of hydrogen-bond donors (Lipinski definition) is 1. The Kier molecular flexibility index (Phi) is 4.62. The molecule has 1 atom stereocenters. The molecule has 1 fully saturated rings. The van der Waals surface area contributed by atoms with Gasteiger partial charge in [-0.25, -0.2) is 8.78 Å². The number of halogens is 3. The van der Waals surface area contributed by atoms with Gasteiger partial charge < -0.3 is 10.2 Å². The molecule has 1 saturated heterocycles. The van der Waals surface area contributed by atoms with Gasteiger partial charge in [0.25, 0.3) is 0 Å². The van der Waals surface area contributed by atoms with Crippen LogP contribution in [0, 0.1) is 17.6 Å². The van der Waals surface area contributed by atoms with Crippen molar-refractivity contribution in [3.05, 3.63) is 58.6 Å². The summed E-state index contributed by atoms with van der Waals surface area (Å²) in [6.07, 6.45) is 0.0463. The minimum atomic E-state index is -0.850. The third-order valence-electron chi connectivity index (χ3n) is 3.82. The lowest BCUT2D eigenvalue weighted by atomic mass is 10.1. The van der Waals surface area contributed by atoms with Crippen LogP contribution in [0.2, 0.25) is 0 Å². The average molecular weight is 395 g/mol. The monoisotopic (exact) mass is 394 g/mol. The molecule has 0 bridgehead atoms. The Morgan fingerprint density at radius 2 is 1.88 bits per heavy atom. The minimum Gasteiger partial charge on any atom is -0.323 e. The van der Waals surface area contributed by atoms with E-state index in [4.69, 9.17) is 0 Å². The Bertz CT molecular complexity index is 796. The molecule has 1 N–H and O–H groups in total. The fourth-order valence-electron chi connectivity index (χ4n) is 2.58. The number of hydrogen-bond acceptors (Lipinski definition) is 2. The van der Waals surface area contributed by atoms with Gasteiger partial charge in [-0.2, -0.15) is 0 Å². The Morgan fingerprint density at radius 1 is 1.17 bits per heavy atom. The second-order valence-electron chi connectivity index (χ2n) is 5.50. The zero-order chi connectivity index (χ0) is 17.3. The maximum atomic E-state index is 13.6. The van der Waals surface area contributed by atoms with Crippen molar-refractivity contribution in [3.8, 4) is 0 Å². The molecule has 7 heteroatoms. The lowest BCUT2D eigenvalue weighted by molar-refractivity contribution is -0.122. The average Bonchev–Trinajstić information content (AvgIpc) is 2.93. The number of carbonyl (C=O) groups is 2. The van der Waals surface area contributed by atoms with Crippen LogP contribution in [0.4, 0.5) is 20.2 Å². The summed E-state index contributed by atoms with van der Waals surface area (Å²) in [4.78, 5) is 25.9. The van der Waals surface area contributed by atoms with Crippen LogP contribution >= 0.6 is 15.9 Å². The maximum Gasteiger partial charge on any atom is 0.229 e. The number of benzene rings is 2. The fourth-order valence-corrected chi connectivity index (χ4v) is 2.84. The zero-order valence-corrected chi connectivity index (χ0v) is 14.0. The van der Waals surface area contributed by atoms with Gasteiger partial charge in [0.05, 0.1) is 11.6 Å². The van der Waals surface area contributed by atoms with Crippen LogP contribution in [0.15, 0.2) is 46.9 Å². The van der Waals surface area contributed by atoms with E-state index in [2.05, 4.69) is 21.2 Å². The smallest absolute Gasteiger partial charge is 0.229 e. The van der Waals surface area contributed by atoms with Gasteiger partial charge in [0.2, 0.25) is 11.8 Å². The molecule has 0 saturated carbocycles. The Balaban J connectivity index is 1.70. The number of amides is 2. The summed E-state index contributed by atoms with van der Waals surface area (Å²) in [5.41, 5.74) is 0.599. The van der Waals surface area contributed by atoms with E-state index in [1.54, 1.807) is 12.1 Å². The fraction of sp³-hybridized carbons (Fsp3) is 0.176. The van der Waals surface area contributed by atoms with Crippen molar-refractivity contribution in [3.63, 3.8) is 0 Å². The van der Waals surface area contributed by atoms with Crippen LogP contribution in [-0.2, 0) is 9.59 Å². The standard InChI is InChI=1S/C17H13BrF2N2O2/c18-11-1-4-13(5-2-11)22-9-10(7-16(22)23)17(24)21-15-6-3-12(19)8-14(15)20/h1-6,8,10H,7,9H2,(H,21,24)/t10-/m0/s1. The molecule has 124 valence electrons. The molecule has 2 aromatic carbocycles. The van der Waals surface area contributed by atoms with Crippen LogP contribution in [0.3, 0.4) is 0 Å². The first kappa shape index (κ1) is 16.6. The molecule has 2 aromatic rings. The van der Waals surface area contributed by atoms with Crippen LogP contribution in [0.5, 0.6) is 0 Å². The SMILES string of the molecule is O=C(Nc1ccc(F)cc1F)[C@H]1CC(=O)N(c2ccc(Br)cc2)C1. The lowest BCUT2D eigenvalue weighted by Crippen LogP contribution is -2.28. The Morgan fingerprint density at radius 3 is 2.54 bits per heavy atom. The van der Waals surface area contributed by atoms with Gasteiger partial charge in [0.1, 0.15) is 11.6 Å². The van der Waals surface area contributed by atoms with Crippen LogP contribution in [0.25, 0.3) is 0 Å². The molecule has 0 radical (unpaired) electrons. The Hall–Kier alpha value is -2.28. The van der Waals surface area contributed by atoms with Crippen molar-refractivity contribution in [1.82, 2.24) is 0 Å². The summed E-state index contributed by atoms with van der Waals surface area (Å²) in [5, 5.41) is 2.41. The Labute approximate surface area is 145 Å². The van der Waals surface area contributed by atoms with Crippen molar-refractivity contribution in [2.75, 3.05) is 16.8 Å². The summed E-state index contributed by atoms with van der Waals surface area (Å²) in [6, 6.07) is 10.1. The summed E-state index contributed by atoms with van der Waals surface area (Å²) >= 11 is 3.32. The van der Waals surface area contributed by atoms with E-state index in [0.29, 0.717) is 11.8 Å². The molecular formula is C17H13BrF2N2O2. The van der Waals surface area contributed by atoms with E-state index in [9.17, 15) is 18.4 Å². The quantitative estimate of drug-likeness (QED) is 0.862. The third kappa shape index (κ3) is 3.46.